The van der Waals surface area contributed by atoms with E-state index < -0.39 is 0 Å². The van der Waals surface area contributed by atoms with Gasteiger partial charge in [-0.15, -0.1) is 6.42 Å². The Morgan fingerprint density at radius 2 is 2.55 bits per heavy atom. The second-order valence-electron chi connectivity index (χ2n) is 1.86. The number of ether oxygens (including phenoxy) is 1. The van der Waals surface area contributed by atoms with Crippen LogP contribution in [0.2, 0.25) is 5.02 Å². The van der Waals surface area contributed by atoms with E-state index in [9.17, 15) is 0 Å². The fourth-order valence-electron chi connectivity index (χ4n) is 0.621. The highest BCUT2D eigenvalue weighted by atomic mass is 35.5. The smallest absolute Gasteiger partial charge is 0.148 e. The molecule has 0 fully saturated rings. The molecule has 1 nitrogen and oxygen atoms in total. The molecule has 0 heterocycles. The minimum Gasteiger partial charge on any atom is -0.480 e. The predicted octanol–water partition coefficient (Wildman–Crippen LogP) is 2.15. The molecule has 0 bridgehead atoms. The lowest BCUT2D eigenvalue weighted by atomic mass is 10.3. The van der Waals surface area contributed by atoms with Crippen molar-refractivity contribution in [2.75, 3.05) is 6.61 Å². The van der Waals surface area contributed by atoms with Crippen LogP contribution in [0.4, 0.5) is 0 Å². The summed E-state index contributed by atoms with van der Waals surface area (Å²) >= 11 is 5.67. The molecule has 0 spiro atoms. The first-order chi connectivity index (χ1) is 5.33. The van der Waals surface area contributed by atoms with E-state index in [0.717, 1.165) is 0 Å². The van der Waals surface area contributed by atoms with Crippen LogP contribution in [-0.2, 0) is 0 Å². The van der Waals surface area contributed by atoms with Crippen LogP contribution in [0.5, 0.6) is 5.75 Å². The summed E-state index contributed by atoms with van der Waals surface area (Å²) < 4.78 is 5.06. The molecule has 1 aromatic rings. The van der Waals surface area contributed by atoms with Crippen molar-refractivity contribution in [1.82, 2.24) is 0 Å². The molecule has 0 atom stereocenters. The third-order valence-electron chi connectivity index (χ3n) is 1.05. The Morgan fingerprint density at radius 1 is 1.73 bits per heavy atom. The van der Waals surface area contributed by atoms with Gasteiger partial charge in [0, 0.05) is 11.1 Å². The van der Waals surface area contributed by atoms with Crippen molar-refractivity contribution in [3.05, 3.63) is 29.3 Å². The van der Waals surface area contributed by atoms with Gasteiger partial charge in [-0.2, -0.15) is 0 Å². The molecule has 0 aromatic heterocycles. The summed E-state index contributed by atoms with van der Waals surface area (Å²) in [5, 5.41) is 0.621. The summed E-state index contributed by atoms with van der Waals surface area (Å²) in [4.78, 5) is 0. The maximum Gasteiger partial charge on any atom is 0.148 e. The van der Waals surface area contributed by atoms with Crippen molar-refractivity contribution in [2.24, 2.45) is 0 Å². The average molecular weight is 166 g/mol. The minimum atomic E-state index is 0.247. The first kappa shape index (κ1) is 7.97. The number of hydrogen-bond acceptors (Lipinski definition) is 1. The largest absolute Gasteiger partial charge is 0.480 e. The van der Waals surface area contributed by atoms with Crippen LogP contribution < -0.4 is 4.74 Å². The summed E-state index contributed by atoms with van der Waals surface area (Å²) in [5.41, 5.74) is 0. The molecular formula is C9H6ClO. The van der Waals surface area contributed by atoms with E-state index in [0.29, 0.717) is 10.8 Å². The van der Waals surface area contributed by atoms with Gasteiger partial charge in [-0.05, 0) is 18.2 Å². The third kappa shape index (κ3) is 2.53. The van der Waals surface area contributed by atoms with Crippen LogP contribution in [0.25, 0.3) is 0 Å². The number of hydrogen-bond donors (Lipinski definition) is 0. The highest BCUT2D eigenvalue weighted by Gasteiger charge is 1.92. The van der Waals surface area contributed by atoms with Gasteiger partial charge in [-0.25, -0.2) is 0 Å². The molecule has 0 aliphatic carbocycles. The van der Waals surface area contributed by atoms with Crippen LogP contribution in [-0.4, -0.2) is 6.61 Å². The van der Waals surface area contributed by atoms with Gasteiger partial charge in [0.25, 0.3) is 0 Å². The Kier molecular flexibility index (Phi) is 2.83. The van der Waals surface area contributed by atoms with E-state index in [1.807, 2.05) is 0 Å². The summed E-state index contributed by atoms with van der Waals surface area (Å²) in [6.45, 7) is 0.247. The zero-order chi connectivity index (χ0) is 8.10. The predicted molar refractivity (Wildman–Crippen MR) is 44.6 cm³/mol. The highest BCUT2D eigenvalue weighted by molar-refractivity contribution is 6.30. The SMILES string of the molecule is C#CCOc1[c]ccc(Cl)c1. The molecular weight excluding hydrogens is 160 g/mol. The molecule has 55 valence electrons. The molecule has 1 rings (SSSR count). The van der Waals surface area contributed by atoms with E-state index in [-0.39, 0.29) is 6.61 Å². The molecule has 0 aliphatic heterocycles. The Hall–Kier alpha value is -1.13. The van der Waals surface area contributed by atoms with Crippen LogP contribution in [0.3, 0.4) is 0 Å². The Labute approximate surface area is 70.9 Å². The monoisotopic (exact) mass is 165 g/mol. The molecule has 0 saturated heterocycles. The quantitative estimate of drug-likeness (QED) is 0.611. The number of rotatable bonds is 2. The number of benzene rings is 1. The lowest BCUT2D eigenvalue weighted by molar-refractivity contribution is 0.369. The summed E-state index contributed by atoms with van der Waals surface area (Å²) in [6.07, 6.45) is 4.99. The minimum absolute atomic E-state index is 0.247. The van der Waals surface area contributed by atoms with Crippen molar-refractivity contribution in [3.8, 4) is 18.1 Å². The van der Waals surface area contributed by atoms with Gasteiger partial charge in [0.15, 0.2) is 0 Å². The van der Waals surface area contributed by atoms with Crippen molar-refractivity contribution in [1.29, 1.82) is 0 Å². The van der Waals surface area contributed by atoms with E-state index in [1.165, 1.54) is 0 Å². The molecule has 1 aromatic carbocycles. The third-order valence-corrected chi connectivity index (χ3v) is 1.28. The van der Waals surface area contributed by atoms with Gasteiger partial charge in [0.2, 0.25) is 0 Å². The van der Waals surface area contributed by atoms with Gasteiger partial charge in [-0.3, -0.25) is 0 Å². The lowest BCUT2D eigenvalue weighted by Crippen LogP contribution is -1.92. The topological polar surface area (TPSA) is 9.23 Å². The second kappa shape index (κ2) is 3.90. The molecule has 0 aliphatic rings. The maximum atomic E-state index is 5.67. The van der Waals surface area contributed by atoms with Gasteiger partial charge in [-0.1, -0.05) is 17.5 Å². The van der Waals surface area contributed by atoms with Crippen molar-refractivity contribution in [2.45, 2.75) is 0 Å². The van der Waals surface area contributed by atoms with Crippen LogP contribution in [0.15, 0.2) is 18.2 Å². The fraction of sp³-hybridized carbons (Fsp3) is 0.111. The average Bonchev–Trinajstić information content (AvgIpc) is 2.01. The Balaban J connectivity index is 2.65. The summed E-state index contributed by atoms with van der Waals surface area (Å²) in [6, 6.07) is 7.92. The lowest BCUT2D eigenvalue weighted by Gasteiger charge is -1.99. The normalized spacial score (nSPS) is 8.73. The van der Waals surface area contributed by atoms with Gasteiger partial charge in [0.05, 0.1) is 0 Å². The first-order valence-corrected chi connectivity index (χ1v) is 3.44. The Morgan fingerprint density at radius 3 is 3.18 bits per heavy atom. The maximum absolute atomic E-state index is 5.67. The number of halogens is 1. The van der Waals surface area contributed by atoms with Crippen LogP contribution in [0.1, 0.15) is 0 Å². The van der Waals surface area contributed by atoms with Crippen molar-refractivity contribution < 1.29 is 4.74 Å². The molecule has 0 unspecified atom stereocenters. The zero-order valence-corrected chi connectivity index (χ0v) is 6.56. The van der Waals surface area contributed by atoms with Gasteiger partial charge < -0.3 is 4.74 Å². The van der Waals surface area contributed by atoms with Gasteiger partial charge >= 0.3 is 0 Å². The molecule has 11 heavy (non-hydrogen) atoms. The van der Waals surface area contributed by atoms with E-state index >= 15 is 0 Å². The first-order valence-electron chi connectivity index (χ1n) is 3.06. The standard InChI is InChI=1S/C9H6ClO/c1-2-6-11-9-5-3-4-8(10)7-9/h1,3-4,7H,6H2. The van der Waals surface area contributed by atoms with Crippen LogP contribution in [0, 0.1) is 18.4 Å². The second-order valence-corrected chi connectivity index (χ2v) is 2.30. The molecule has 0 amide bonds. The van der Waals surface area contributed by atoms with E-state index in [2.05, 4.69) is 12.0 Å². The van der Waals surface area contributed by atoms with Crippen LogP contribution >= 0.6 is 11.6 Å². The molecule has 1 radical (unpaired) electrons. The van der Waals surface area contributed by atoms with Gasteiger partial charge in [0.1, 0.15) is 12.4 Å². The summed E-state index contributed by atoms with van der Waals surface area (Å²) in [5.74, 6) is 2.93. The molecule has 0 N–H and O–H groups in total. The van der Waals surface area contributed by atoms with Crippen molar-refractivity contribution in [3.63, 3.8) is 0 Å². The van der Waals surface area contributed by atoms with E-state index in [4.69, 9.17) is 22.8 Å². The molecule has 0 saturated carbocycles. The summed E-state index contributed by atoms with van der Waals surface area (Å²) in [7, 11) is 0. The Bertz CT molecular complexity index is 275. The molecule has 2 heteroatoms. The fourth-order valence-corrected chi connectivity index (χ4v) is 0.783. The van der Waals surface area contributed by atoms with Crippen molar-refractivity contribution >= 4 is 11.6 Å². The number of terminal acetylenes is 1. The highest BCUT2D eigenvalue weighted by Crippen LogP contribution is 2.15. The van der Waals surface area contributed by atoms with E-state index in [1.54, 1.807) is 18.2 Å². The zero-order valence-electron chi connectivity index (χ0n) is 5.80.